The van der Waals surface area contributed by atoms with Gasteiger partial charge in [-0.2, -0.15) is 0 Å². The summed E-state index contributed by atoms with van der Waals surface area (Å²) in [6.45, 7) is 2.14. The van der Waals surface area contributed by atoms with Crippen molar-refractivity contribution in [3.8, 4) is 0 Å². The van der Waals surface area contributed by atoms with Gasteiger partial charge in [0.25, 0.3) is 0 Å². The Labute approximate surface area is 101 Å². The van der Waals surface area contributed by atoms with Gasteiger partial charge >= 0.3 is 0 Å². The average molecular weight is 239 g/mol. The van der Waals surface area contributed by atoms with Gasteiger partial charge in [-0.05, 0) is 25.1 Å². The molecule has 0 amide bonds. The Balaban J connectivity index is 0.000000963. The van der Waals surface area contributed by atoms with E-state index >= 15 is 0 Å². The van der Waals surface area contributed by atoms with Gasteiger partial charge in [-0.1, -0.05) is 12.1 Å². The van der Waals surface area contributed by atoms with Gasteiger partial charge in [0.15, 0.2) is 5.58 Å². The number of furan rings is 1. The van der Waals surface area contributed by atoms with E-state index < -0.39 is 0 Å². The van der Waals surface area contributed by atoms with E-state index in [4.69, 9.17) is 4.42 Å². The predicted octanol–water partition coefficient (Wildman–Crippen LogP) is 2.63. The summed E-state index contributed by atoms with van der Waals surface area (Å²) in [5, 5.41) is 8.01. The van der Waals surface area contributed by atoms with Crippen molar-refractivity contribution in [2.75, 3.05) is 18.4 Å². The van der Waals surface area contributed by atoms with Crippen LogP contribution in [0.25, 0.3) is 11.0 Å². The van der Waals surface area contributed by atoms with Gasteiger partial charge in [0.2, 0.25) is 0 Å². The molecule has 1 saturated heterocycles. The van der Waals surface area contributed by atoms with Crippen molar-refractivity contribution in [3.63, 3.8) is 0 Å². The summed E-state index contributed by atoms with van der Waals surface area (Å²) in [4.78, 5) is 0. The van der Waals surface area contributed by atoms with Crippen molar-refractivity contribution in [1.82, 2.24) is 5.32 Å². The summed E-state index contributed by atoms with van der Waals surface area (Å²) in [5.74, 6) is 0. The molecule has 16 heavy (non-hydrogen) atoms. The summed E-state index contributed by atoms with van der Waals surface area (Å²) >= 11 is 0. The second-order valence-corrected chi connectivity index (χ2v) is 3.98. The van der Waals surface area contributed by atoms with Crippen LogP contribution in [0.2, 0.25) is 0 Å². The summed E-state index contributed by atoms with van der Waals surface area (Å²) in [5.41, 5.74) is 2.07. The Hall–Kier alpha value is -1.19. The van der Waals surface area contributed by atoms with Crippen molar-refractivity contribution in [3.05, 3.63) is 30.5 Å². The molecule has 0 aliphatic carbocycles. The van der Waals surface area contributed by atoms with Gasteiger partial charge in [-0.25, -0.2) is 0 Å². The normalized spacial score (nSPS) is 19.6. The Morgan fingerprint density at radius 1 is 1.31 bits per heavy atom. The summed E-state index contributed by atoms with van der Waals surface area (Å²) < 4.78 is 5.48. The Kier molecular flexibility index (Phi) is 3.36. The molecule has 1 aromatic heterocycles. The van der Waals surface area contributed by atoms with Crippen LogP contribution in [0, 0.1) is 0 Å². The number of anilines is 1. The van der Waals surface area contributed by atoms with E-state index in [0.717, 1.165) is 29.7 Å². The fourth-order valence-electron chi connectivity index (χ4n) is 2.10. The van der Waals surface area contributed by atoms with Crippen molar-refractivity contribution in [1.29, 1.82) is 0 Å². The second-order valence-electron chi connectivity index (χ2n) is 3.98. The fourth-order valence-corrected chi connectivity index (χ4v) is 2.10. The number of halogens is 1. The first kappa shape index (κ1) is 11.3. The smallest absolute Gasteiger partial charge is 0.156 e. The van der Waals surface area contributed by atoms with E-state index in [-0.39, 0.29) is 12.4 Å². The number of para-hydroxylation sites is 1. The molecule has 0 spiro atoms. The molecule has 3 rings (SSSR count). The molecule has 2 N–H and O–H groups in total. The lowest BCUT2D eigenvalue weighted by Gasteiger charge is -2.12. The van der Waals surface area contributed by atoms with Gasteiger partial charge in [0.05, 0.1) is 12.0 Å². The van der Waals surface area contributed by atoms with E-state index in [0.29, 0.717) is 6.04 Å². The SMILES string of the molecule is Cl.c1cc(N[C@H]2CCNC2)c2occc2c1. The standard InChI is InChI=1S/C12H14N2O.ClH/c1-2-9-5-7-15-12(9)11(3-1)14-10-4-6-13-8-10;/h1-3,5,7,10,13-14H,4,6,8H2;1H/t10-;/m0./s1. The molecule has 1 aliphatic heterocycles. The van der Waals surface area contributed by atoms with E-state index in [2.05, 4.69) is 28.8 Å². The molecule has 0 bridgehead atoms. The fraction of sp³-hybridized carbons (Fsp3) is 0.333. The van der Waals surface area contributed by atoms with E-state index in [1.165, 1.54) is 6.42 Å². The molecule has 1 atom stereocenters. The van der Waals surface area contributed by atoms with Crippen LogP contribution in [0.5, 0.6) is 0 Å². The highest BCUT2D eigenvalue weighted by atomic mass is 35.5. The van der Waals surface area contributed by atoms with Crippen molar-refractivity contribution in [2.45, 2.75) is 12.5 Å². The van der Waals surface area contributed by atoms with Gasteiger partial charge < -0.3 is 15.1 Å². The first-order valence-corrected chi connectivity index (χ1v) is 5.37. The first-order chi connectivity index (χ1) is 7.43. The molecule has 86 valence electrons. The van der Waals surface area contributed by atoms with Crippen LogP contribution in [0.4, 0.5) is 5.69 Å². The molecule has 1 fully saturated rings. The highest BCUT2D eigenvalue weighted by Gasteiger charge is 2.15. The van der Waals surface area contributed by atoms with Crippen LogP contribution in [0.1, 0.15) is 6.42 Å². The van der Waals surface area contributed by atoms with Crippen molar-refractivity contribution < 1.29 is 4.42 Å². The second kappa shape index (κ2) is 4.76. The molecule has 0 unspecified atom stereocenters. The van der Waals surface area contributed by atoms with Crippen molar-refractivity contribution >= 4 is 29.1 Å². The van der Waals surface area contributed by atoms with E-state index in [9.17, 15) is 0 Å². The maximum absolute atomic E-state index is 5.48. The predicted molar refractivity (Wildman–Crippen MR) is 68.4 cm³/mol. The van der Waals surface area contributed by atoms with Crippen LogP contribution < -0.4 is 10.6 Å². The molecule has 3 nitrogen and oxygen atoms in total. The Morgan fingerprint density at radius 2 is 2.25 bits per heavy atom. The molecule has 2 aromatic rings. The number of hydrogen-bond donors (Lipinski definition) is 2. The molecular weight excluding hydrogens is 224 g/mol. The van der Waals surface area contributed by atoms with E-state index in [1.807, 2.05) is 6.07 Å². The zero-order chi connectivity index (χ0) is 10.1. The summed E-state index contributed by atoms with van der Waals surface area (Å²) in [7, 11) is 0. The monoisotopic (exact) mass is 238 g/mol. The summed E-state index contributed by atoms with van der Waals surface area (Å²) in [6, 6.07) is 8.72. The molecule has 4 heteroatoms. The molecule has 1 aliphatic rings. The van der Waals surface area contributed by atoms with Crippen LogP contribution in [-0.2, 0) is 0 Å². The quantitative estimate of drug-likeness (QED) is 0.845. The number of hydrogen-bond acceptors (Lipinski definition) is 3. The number of nitrogens with one attached hydrogen (secondary N) is 2. The largest absolute Gasteiger partial charge is 0.462 e. The van der Waals surface area contributed by atoms with Gasteiger partial charge in [0.1, 0.15) is 0 Å². The average Bonchev–Trinajstić information content (AvgIpc) is 2.87. The Morgan fingerprint density at radius 3 is 3.06 bits per heavy atom. The minimum Gasteiger partial charge on any atom is -0.462 e. The lowest BCUT2D eigenvalue weighted by atomic mass is 10.2. The van der Waals surface area contributed by atoms with Crippen molar-refractivity contribution in [2.24, 2.45) is 0 Å². The number of fused-ring (bicyclic) bond motifs is 1. The van der Waals surface area contributed by atoms with Crippen LogP contribution in [0.3, 0.4) is 0 Å². The first-order valence-electron chi connectivity index (χ1n) is 5.37. The van der Waals surface area contributed by atoms with E-state index in [1.54, 1.807) is 6.26 Å². The minimum absolute atomic E-state index is 0. The van der Waals surface area contributed by atoms with Crippen LogP contribution >= 0.6 is 12.4 Å². The third-order valence-electron chi connectivity index (χ3n) is 2.90. The third kappa shape index (κ3) is 2.01. The Bertz CT molecular complexity index is 463. The number of rotatable bonds is 2. The highest BCUT2D eigenvalue weighted by molar-refractivity contribution is 5.89. The van der Waals surface area contributed by atoms with Gasteiger partial charge in [-0.3, -0.25) is 0 Å². The molecular formula is C12H15ClN2O. The number of benzene rings is 1. The molecule has 0 saturated carbocycles. The maximum Gasteiger partial charge on any atom is 0.156 e. The minimum atomic E-state index is 0. The van der Waals surface area contributed by atoms with Crippen LogP contribution in [0.15, 0.2) is 34.9 Å². The third-order valence-corrected chi connectivity index (χ3v) is 2.90. The van der Waals surface area contributed by atoms with Crippen LogP contribution in [-0.4, -0.2) is 19.1 Å². The maximum atomic E-state index is 5.48. The topological polar surface area (TPSA) is 37.2 Å². The van der Waals surface area contributed by atoms with Gasteiger partial charge in [-0.15, -0.1) is 12.4 Å². The molecule has 1 aromatic carbocycles. The lowest BCUT2D eigenvalue weighted by Crippen LogP contribution is -2.22. The molecule has 2 heterocycles. The van der Waals surface area contributed by atoms with Gasteiger partial charge in [0, 0.05) is 18.0 Å². The lowest BCUT2D eigenvalue weighted by molar-refractivity contribution is 0.615. The zero-order valence-electron chi connectivity index (χ0n) is 8.90. The highest BCUT2D eigenvalue weighted by Crippen LogP contribution is 2.25. The zero-order valence-corrected chi connectivity index (χ0v) is 9.72. The summed E-state index contributed by atoms with van der Waals surface area (Å²) in [6.07, 6.45) is 2.92. The molecule has 0 radical (unpaired) electrons.